The molecule has 0 unspecified atom stereocenters. The van der Waals surface area contributed by atoms with Crippen LogP contribution in [0.15, 0.2) is 73.1 Å². The summed E-state index contributed by atoms with van der Waals surface area (Å²) < 4.78 is 0. The molecule has 2 N–H and O–H groups in total. The van der Waals surface area contributed by atoms with E-state index in [1.54, 1.807) is 12.1 Å². The highest BCUT2D eigenvalue weighted by Crippen LogP contribution is 2.24. The number of benzene rings is 2. The van der Waals surface area contributed by atoms with E-state index in [-0.39, 0.29) is 5.91 Å². The van der Waals surface area contributed by atoms with Crippen LogP contribution in [0.2, 0.25) is 5.02 Å². The number of hydrogen-bond donors (Lipinski definition) is 2. The summed E-state index contributed by atoms with van der Waals surface area (Å²) in [5, 5.41) is 4.51. The number of fused-ring (bicyclic) bond motifs is 1. The standard InChI is InChI=1S/C23H18ClN3O/c1-15-5-7-20(13-21(15)24)27-22(28)8-6-16-3-2-4-17(11-16)19-12-18-9-10-25-23(18)26-14-19/h2-14H,1H3,(H,25,26)(H,27,28)/b8-6+. The lowest BCUT2D eigenvalue weighted by Gasteiger charge is -2.05. The van der Waals surface area contributed by atoms with Gasteiger partial charge in [-0.25, -0.2) is 4.98 Å². The number of carbonyl (C=O) groups excluding carboxylic acids is 1. The third-order valence-corrected chi connectivity index (χ3v) is 4.89. The molecular formula is C23H18ClN3O. The number of aryl methyl sites for hydroxylation is 1. The fraction of sp³-hybridized carbons (Fsp3) is 0.0435. The molecule has 0 atom stereocenters. The summed E-state index contributed by atoms with van der Waals surface area (Å²) in [7, 11) is 0. The molecule has 0 bridgehead atoms. The molecule has 1 amide bonds. The van der Waals surface area contributed by atoms with Gasteiger partial charge in [0.25, 0.3) is 0 Å². The van der Waals surface area contributed by atoms with Crippen molar-refractivity contribution < 1.29 is 4.79 Å². The molecule has 4 rings (SSSR count). The molecule has 0 saturated carbocycles. The highest BCUT2D eigenvalue weighted by Gasteiger charge is 2.03. The van der Waals surface area contributed by atoms with E-state index in [2.05, 4.69) is 21.4 Å². The molecule has 2 heterocycles. The van der Waals surface area contributed by atoms with Gasteiger partial charge in [0.1, 0.15) is 5.65 Å². The number of anilines is 1. The number of halogens is 1. The monoisotopic (exact) mass is 387 g/mol. The van der Waals surface area contributed by atoms with Gasteiger partial charge in [0.2, 0.25) is 5.91 Å². The van der Waals surface area contributed by atoms with Gasteiger partial charge in [0.05, 0.1) is 0 Å². The first-order valence-electron chi connectivity index (χ1n) is 8.87. The van der Waals surface area contributed by atoms with Gasteiger partial charge in [-0.15, -0.1) is 0 Å². The molecule has 0 saturated heterocycles. The number of amides is 1. The number of pyridine rings is 1. The van der Waals surface area contributed by atoms with Crippen molar-refractivity contribution in [3.63, 3.8) is 0 Å². The maximum Gasteiger partial charge on any atom is 0.248 e. The van der Waals surface area contributed by atoms with Crippen molar-refractivity contribution in [1.82, 2.24) is 9.97 Å². The predicted molar refractivity (Wildman–Crippen MR) is 115 cm³/mol. The van der Waals surface area contributed by atoms with E-state index in [0.29, 0.717) is 10.7 Å². The highest BCUT2D eigenvalue weighted by atomic mass is 35.5. The Labute approximate surface area is 167 Å². The first-order chi connectivity index (χ1) is 13.6. The topological polar surface area (TPSA) is 57.8 Å². The van der Waals surface area contributed by atoms with Gasteiger partial charge in [-0.2, -0.15) is 0 Å². The van der Waals surface area contributed by atoms with Crippen LogP contribution >= 0.6 is 11.6 Å². The number of nitrogens with one attached hydrogen (secondary N) is 2. The van der Waals surface area contributed by atoms with Crippen LogP contribution in [-0.2, 0) is 4.79 Å². The summed E-state index contributed by atoms with van der Waals surface area (Å²) in [5.74, 6) is -0.208. The minimum absolute atomic E-state index is 0.208. The van der Waals surface area contributed by atoms with Gasteiger partial charge in [-0.1, -0.05) is 35.9 Å². The first kappa shape index (κ1) is 18.0. The summed E-state index contributed by atoms with van der Waals surface area (Å²) in [6, 6.07) is 17.5. The predicted octanol–water partition coefficient (Wildman–Crippen LogP) is 5.84. The number of carbonyl (C=O) groups is 1. The lowest BCUT2D eigenvalue weighted by atomic mass is 10.0. The van der Waals surface area contributed by atoms with E-state index >= 15 is 0 Å². The van der Waals surface area contributed by atoms with E-state index in [0.717, 1.165) is 33.3 Å². The molecule has 2 aromatic heterocycles. The molecule has 0 aliphatic carbocycles. The van der Waals surface area contributed by atoms with Gasteiger partial charge in [-0.05, 0) is 60.0 Å². The van der Waals surface area contributed by atoms with Crippen molar-refractivity contribution in [2.75, 3.05) is 5.32 Å². The van der Waals surface area contributed by atoms with Crippen LogP contribution in [0.4, 0.5) is 5.69 Å². The second-order valence-electron chi connectivity index (χ2n) is 6.55. The van der Waals surface area contributed by atoms with E-state index < -0.39 is 0 Å². The highest BCUT2D eigenvalue weighted by molar-refractivity contribution is 6.31. The fourth-order valence-electron chi connectivity index (χ4n) is 2.95. The zero-order chi connectivity index (χ0) is 19.5. The minimum Gasteiger partial charge on any atom is -0.346 e. The third-order valence-electron chi connectivity index (χ3n) is 4.49. The lowest BCUT2D eigenvalue weighted by Crippen LogP contribution is -2.07. The van der Waals surface area contributed by atoms with Gasteiger partial charge in [0, 0.05) is 40.1 Å². The normalized spacial score (nSPS) is 11.2. The Kier molecular flexibility index (Phi) is 4.96. The van der Waals surface area contributed by atoms with Crippen LogP contribution in [0.3, 0.4) is 0 Å². The molecule has 4 nitrogen and oxygen atoms in total. The summed E-state index contributed by atoms with van der Waals surface area (Å²) in [6.07, 6.45) is 7.02. The van der Waals surface area contributed by atoms with E-state index in [1.165, 1.54) is 6.08 Å². The Hall–Kier alpha value is -3.37. The van der Waals surface area contributed by atoms with Gasteiger partial charge in [-0.3, -0.25) is 4.79 Å². The molecule has 5 heteroatoms. The van der Waals surface area contributed by atoms with Crippen LogP contribution < -0.4 is 5.32 Å². The van der Waals surface area contributed by atoms with Crippen LogP contribution in [0.25, 0.3) is 28.2 Å². The van der Waals surface area contributed by atoms with Crippen molar-refractivity contribution in [3.05, 3.63) is 89.2 Å². The number of nitrogens with zero attached hydrogens (tertiary/aromatic N) is 1. The van der Waals surface area contributed by atoms with Crippen molar-refractivity contribution in [2.45, 2.75) is 6.92 Å². The Morgan fingerprint density at radius 2 is 2.00 bits per heavy atom. The molecule has 0 radical (unpaired) electrons. The molecular weight excluding hydrogens is 370 g/mol. The third kappa shape index (κ3) is 3.97. The molecule has 0 aliphatic heterocycles. The maximum atomic E-state index is 12.2. The quantitative estimate of drug-likeness (QED) is 0.432. The Balaban J connectivity index is 1.50. The number of H-pyrrole nitrogens is 1. The van der Waals surface area contributed by atoms with E-state index in [4.69, 9.17) is 11.6 Å². The second kappa shape index (κ2) is 7.71. The van der Waals surface area contributed by atoms with Gasteiger partial charge >= 0.3 is 0 Å². The summed E-state index contributed by atoms with van der Waals surface area (Å²) in [6.45, 7) is 1.92. The molecule has 0 fully saturated rings. The number of aromatic amines is 1. The number of rotatable bonds is 4. The van der Waals surface area contributed by atoms with Crippen LogP contribution in [0.1, 0.15) is 11.1 Å². The number of hydrogen-bond acceptors (Lipinski definition) is 2. The fourth-order valence-corrected chi connectivity index (χ4v) is 3.13. The van der Waals surface area contributed by atoms with E-state index in [9.17, 15) is 4.79 Å². The van der Waals surface area contributed by atoms with Crippen molar-refractivity contribution in [3.8, 4) is 11.1 Å². The summed E-state index contributed by atoms with van der Waals surface area (Å²) >= 11 is 6.10. The van der Waals surface area contributed by atoms with Crippen LogP contribution in [0.5, 0.6) is 0 Å². The molecule has 0 spiro atoms. The zero-order valence-corrected chi connectivity index (χ0v) is 16.0. The van der Waals surface area contributed by atoms with Crippen molar-refractivity contribution in [2.24, 2.45) is 0 Å². The average molecular weight is 388 g/mol. The maximum absolute atomic E-state index is 12.2. The minimum atomic E-state index is -0.208. The lowest BCUT2D eigenvalue weighted by molar-refractivity contribution is -0.111. The summed E-state index contributed by atoms with van der Waals surface area (Å²) in [4.78, 5) is 19.7. The smallest absolute Gasteiger partial charge is 0.248 e. The van der Waals surface area contributed by atoms with Crippen molar-refractivity contribution in [1.29, 1.82) is 0 Å². The molecule has 0 aliphatic rings. The van der Waals surface area contributed by atoms with Gasteiger partial charge in [0.15, 0.2) is 0 Å². The SMILES string of the molecule is Cc1ccc(NC(=O)/C=C/c2cccc(-c3cnc4[nH]ccc4c3)c2)cc1Cl. The van der Waals surface area contributed by atoms with Crippen LogP contribution in [-0.4, -0.2) is 15.9 Å². The largest absolute Gasteiger partial charge is 0.346 e. The molecule has 28 heavy (non-hydrogen) atoms. The number of aromatic nitrogens is 2. The zero-order valence-electron chi connectivity index (χ0n) is 15.2. The first-order valence-corrected chi connectivity index (χ1v) is 9.25. The Morgan fingerprint density at radius 3 is 2.86 bits per heavy atom. The molecule has 4 aromatic rings. The van der Waals surface area contributed by atoms with E-state index in [1.807, 2.05) is 61.8 Å². The van der Waals surface area contributed by atoms with Crippen LogP contribution in [0, 0.1) is 6.92 Å². The molecule has 138 valence electrons. The Bertz CT molecular complexity index is 1190. The summed E-state index contributed by atoms with van der Waals surface area (Å²) in [5.41, 5.74) is 5.52. The average Bonchev–Trinajstić information content (AvgIpc) is 3.17. The van der Waals surface area contributed by atoms with Crippen molar-refractivity contribution >= 4 is 40.3 Å². The Morgan fingerprint density at radius 1 is 1.11 bits per heavy atom. The van der Waals surface area contributed by atoms with Gasteiger partial charge < -0.3 is 10.3 Å². The second-order valence-corrected chi connectivity index (χ2v) is 6.96. The molecule has 2 aromatic carbocycles.